The third-order valence-corrected chi connectivity index (χ3v) is 8.05. The van der Waals surface area contributed by atoms with E-state index in [9.17, 15) is 0 Å². The molecule has 2 heterocycles. The lowest BCUT2D eigenvalue weighted by Crippen LogP contribution is -2.13. The summed E-state index contributed by atoms with van der Waals surface area (Å²) >= 11 is 1.90. The Morgan fingerprint density at radius 1 is 1.12 bits per heavy atom. The summed E-state index contributed by atoms with van der Waals surface area (Å²) in [4.78, 5) is 1.38. The van der Waals surface area contributed by atoms with Crippen LogP contribution in [0.4, 0.5) is 5.69 Å². The molecular weight excluding hydrogens is 420 g/mol. The number of unbranched alkanes of at least 4 members (excludes halogenated alkanes) is 2. The van der Waals surface area contributed by atoms with Crippen LogP contribution in [0.15, 0.2) is 61.2 Å². The molecule has 4 rings (SSSR count). The maximum absolute atomic E-state index is 7.64. The van der Waals surface area contributed by atoms with Crippen molar-refractivity contribution >= 4 is 44.0 Å². The maximum Gasteiger partial charge on any atom is 0.0419 e. The number of thiophene rings is 1. The summed E-state index contributed by atoms with van der Waals surface area (Å²) in [5.74, 6) is 0.567. The lowest BCUT2D eigenvalue weighted by molar-refractivity contribution is 0.534. The quantitative estimate of drug-likeness (QED) is 0.168. The SMILES string of the molecule is C=CCCC(CCCCCC(C)=N)c1ccc2c(c1)C(C)=C(c1cc3ccccc3s1)CN2. The minimum atomic E-state index is 0.567. The Labute approximate surface area is 202 Å². The average Bonchev–Trinajstić information content (AvgIpc) is 3.25. The van der Waals surface area contributed by atoms with E-state index in [1.807, 2.05) is 18.3 Å². The van der Waals surface area contributed by atoms with Gasteiger partial charge in [-0.1, -0.05) is 43.2 Å². The fourth-order valence-electron chi connectivity index (χ4n) is 4.92. The van der Waals surface area contributed by atoms with Crippen molar-refractivity contribution < 1.29 is 0 Å². The van der Waals surface area contributed by atoms with Crippen LogP contribution in [0, 0.1) is 5.41 Å². The second-order valence-electron chi connectivity index (χ2n) is 9.35. The molecule has 172 valence electrons. The zero-order chi connectivity index (χ0) is 23.2. The molecule has 3 aromatic rings. The number of allylic oxidation sites excluding steroid dienone is 2. The molecule has 33 heavy (non-hydrogen) atoms. The van der Waals surface area contributed by atoms with Crippen LogP contribution in [0.2, 0.25) is 0 Å². The highest BCUT2D eigenvalue weighted by Crippen LogP contribution is 2.41. The number of hydrogen-bond acceptors (Lipinski definition) is 3. The summed E-state index contributed by atoms with van der Waals surface area (Å²) < 4.78 is 1.36. The minimum absolute atomic E-state index is 0.567. The van der Waals surface area contributed by atoms with Crippen LogP contribution in [-0.2, 0) is 0 Å². The van der Waals surface area contributed by atoms with Crippen LogP contribution in [0.3, 0.4) is 0 Å². The Bertz CT molecular complexity index is 1130. The second-order valence-corrected chi connectivity index (χ2v) is 10.4. The number of nitrogens with one attached hydrogen (secondary N) is 2. The number of rotatable bonds is 11. The van der Waals surface area contributed by atoms with Gasteiger partial charge in [0.15, 0.2) is 0 Å². The van der Waals surface area contributed by atoms with Crippen LogP contribution < -0.4 is 5.32 Å². The van der Waals surface area contributed by atoms with Gasteiger partial charge in [0.1, 0.15) is 0 Å². The summed E-state index contributed by atoms with van der Waals surface area (Å²) in [5, 5.41) is 12.6. The molecule has 0 bridgehead atoms. The molecular formula is C30H36N2S. The van der Waals surface area contributed by atoms with Crippen LogP contribution in [0.1, 0.15) is 80.7 Å². The lowest BCUT2D eigenvalue weighted by Gasteiger charge is -2.25. The summed E-state index contributed by atoms with van der Waals surface area (Å²) in [6.45, 7) is 9.05. The Hall–Kier alpha value is -2.65. The highest BCUT2D eigenvalue weighted by Gasteiger charge is 2.20. The minimum Gasteiger partial charge on any atom is -0.380 e. The van der Waals surface area contributed by atoms with Gasteiger partial charge < -0.3 is 10.7 Å². The molecule has 1 atom stereocenters. The van der Waals surface area contributed by atoms with E-state index in [4.69, 9.17) is 5.41 Å². The Morgan fingerprint density at radius 3 is 2.76 bits per heavy atom. The summed E-state index contributed by atoms with van der Waals surface area (Å²) in [6, 6.07) is 18.1. The van der Waals surface area contributed by atoms with Crippen LogP contribution >= 0.6 is 11.3 Å². The predicted octanol–water partition coefficient (Wildman–Crippen LogP) is 9.30. The number of benzene rings is 2. The Kier molecular flexibility index (Phi) is 7.82. The molecule has 1 unspecified atom stereocenters. The largest absolute Gasteiger partial charge is 0.380 e. The standard InChI is InChI=1S/C30H36N2S/c1-4-5-12-23(13-8-6-7-11-21(2)31)24-16-17-28-26(18-24)22(3)27(20-32-28)30-19-25-14-9-10-15-29(25)33-30/h4,9-10,14-19,23,31-32H,1,5-8,11-13,20H2,2-3H3. The molecule has 2 N–H and O–H groups in total. The number of fused-ring (bicyclic) bond motifs is 2. The predicted molar refractivity (Wildman–Crippen MR) is 148 cm³/mol. The topological polar surface area (TPSA) is 35.9 Å². The van der Waals surface area contributed by atoms with Gasteiger partial charge in [-0.25, -0.2) is 0 Å². The van der Waals surface area contributed by atoms with Crippen molar-refractivity contribution in [2.24, 2.45) is 0 Å². The molecule has 0 amide bonds. The van der Waals surface area contributed by atoms with E-state index in [2.05, 4.69) is 73.4 Å². The molecule has 0 aliphatic carbocycles. The third-order valence-electron chi connectivity index (χ3n) is 6.87. The van der Waals surface area contributed by atoms with Gasteiger partial charge in [0.2, 0.25) is 0 Å². The van der Waals surface area contributed by atoms with Crippen molar-refractivity contribution in [1.82, 2.24) is 0 Å². The zero-order valence-electron chi connectivity index (χ0n) is 20.0. The summed E-state index contributed by atoms with van der Waals surface area (Å²) in [5.41, 5.74) is 7.69. The van der Waals surface area contributed by atoms with Gasteiger partial charge in [-0.3, -0.25) is 0 Å². The van der Waals surface area contributed by atoms with Crippen molar-refractivity contribution in [3.8, 4) is 0 Å². The number of anilines is 1. The van der Waals surface area contributed by atoms with E-state index < -0.39 is 0 Å². The Morgan fingerprint density at radius 2 is 1.97 bits per heavy atom. The highest BCUT2D eigenvalue weighted by atomic mass is 32.1. The molecule has 0 saturated carbocycles. The van der Waals surface area contributed by atoms with Crippen LogP contribution in [0.5, 0.6) is 0 Å². The average molecular weight is 457 g/mol. The van der Waals surface area contributed by atoms with Crippen LogP contribution in [0.25, 0.3) is 21.2 Å². The van der Waals surface area contributed by atoms with Crippen molar-refractivity contribution in [3.63, 3.8) is 0 Å². The molecule has 2 aromatic carbocycles. The van der Waals surface area contributed by atoms with E-state index in [0.29, 0.717) is 5.92 Å². The molecule has 1 aliphatic rings. The van der Waals surface area contributed by atoms with Gasteiger partial charge in [-0.2, -0.15) is 0 Å². The lowest BCUT2D eigenvalue weighted by atomic mass is 9.85. The molecule has 0 spiro atoms. The fraction of sp³-hybridized carbons (Fsp3) is 0.367. The van der Waals surface area contributed by atoms with Crippen molar-refractivity contribution in [2.75, 3.05) is 11.9 Å². The van der Waals surface area contributed by atoms with Gasteiger partial charge in [-0.15, -0.1) is 17.9 Å². The summed E-state index contributed by atoms with van der Waals surface area (Å²) in [7, 11) is 0. The molecule has 0 fully saturated rings. The van der Waals surface area contributed by atoms with Crippen molar-refractivity contribution in [3.05, 3.63) is 77.2 Å². The Balaban J connectivity index is 1.57. The first kappa shape index (κ1) is 23.5. The van der Waals surface area contributed by atoms with Crippen molar-refractivity contribution in [1.29, 1.82) is 5.41 Å². The van der Waals surface area contributed by atoms with Crippen molar-refractivity contribution in [2.45, 2.75) is 64.7 Å². The first-order chi connectivity index (χ1) is 16.1. The van der Waals surface area contributed by atoms with E-state index in [0.717, 1.165) is 37.9 Å². The molecule has 2 nitrogen and oxygen atoms in total. The van der Waals surface area contributed by atoms with E-state index in [1.165, 1.54) is 62.2 Å². The molecule has 1 aromatic heterocycles. The first-order valence-electron chi connectivity index (χ1n) is 12.3. The van der Waals surface area contributed by atoms with E-state index in [1.54, 1.807) is 0 Å². The highest BCUT2D eigenvalue weighted by molar-refractivity contribution is 7.20. The van der Waals surface area contributed by atoms with Gasteiger partial charge in [0, 0.05) is 33.1 Å². The first-order valence-corrected chi connectivity index (χ1v) is 13.1. The van der Waals surface area contributed by atoms with Gasteiger partial charge in [-0.05, 0) is 98.2 Å². The second kappa shape index (κ2) is 11.0. The van der Waals surface area contributed by atoms with E-state index >= 15 is 0 Å². The summed E-state index contributed by atoms with van der Waals surface area (Å²) in [6.07, 6.45) is 9.99. The molecule has 3 heteroatoms. The maximum atomic E-state index is 7.64. The molecule has 1 aliphatic heterocycles. The van der Waals surface area contributed by atoms with Gasteiger partial charge in [0.05, 0.1) is 0 Å². The van der Waals surface area contributed by atoms with Gasteiger partial charge in [0.25, 0.3) is 0 Å². The number of hydrogen-bond donors (Lipinski definition) is 2. The third kappa shape index (κ3) is 5.65. The van der Waals surface area contributed by atoms with Crippen LogP contribution in [-0.4, -0.2) is 12.3 Å². The van der Waals surface area contributed by atoms with E-state index in [-0.39, 0.29) is 0 Å². The smallest absolute Gasteiger partial charge is 0.0419 e. The monoisotopic (exact) mass is 456 g/mol. The normalized spacial score (nSPS) is 14.1. The molecule has 0 radical (unpaired) electrons. The molecule has 0 saturated heterocycles. The fourth-order valence-corrected chi connectivity index (χ4v) is 6.08. The zero-order valence-corrected chi connectivity index (χ0v) is 20.9. The van der Waals surface area contributed by atoms with Gasteiger partial charge >= 0.3 is 0 Å².